The molecule has 0 unspecified atom stereocenters. The van der Waals surface area contributed by atoms with E-state index < -0.39 is 0 Å². The lowest BCUT2D eigenvalue weighted by Gasteiger charge is -2.12. The number of halogens is 2. The zero-order valence-electron chi connectivity index (χ0n) is 16.0. The van der Waals surface area contributed by atoms with Gasteiger partial charge in [0.15, 0.2) is 5.96 Å². The average molecular weight is 524 g/mol. The largest absolute Gasteiger partial charge is 0.491 e. The van der Waals surface area contributed by atoms with Gasteiger partial charge in [0.1, 0.15) is 11.5 Å². The Morgan fingerprint density at radius 2 is 1.86 bits per heavy atom. The van der Waals surface area contributed by atoms with E-state index in [0.29, 0.717) is 32.0 Å². The van der Waals surface area contributed by atoms with Crippen molar-refractivity contribution >= 4 is 49.4 Å². The van der Waals surface area contributed by atoms with E-state index in [4.69, 9.17) is 27.1 Å². The number of nitrogens with zero attached hydrogens (tertiary/aromatic N) is 2. The quantitative estimate of drug-likeness (QED) is 0.109. The minimum Gasteiger partial charge on any atom is -0.491 e. The molecule has 0 heterocycles. The molecule has 1 aromatic carbocycles. The Bertz CT molecular complexity index is 656. The molecule has 11 heteroatoms. The summed E-state index contributed by atoms with van der Waals surface area (Å²) >= 11 is 6.88. The molecular formula is C17H28Br2N6O3. The van der Waals surface area contributed by atoms with Crippen LogP contribution >= 0.6 is 31.9 Å². The number of nitrogens with one attached hydrogen (secondary N) is 1. The van der Waals surface area contributed by atoms with Crippen LogP contribution in [0.25, 0.3) is 0 Å². The summed E-state index contributed by atoms with van der Waals surface area (Å²) in [4.78, 5) is 15.3. The van der Waals surface area contributed by atoms with Crippen molar-refractivity contribution in [3.05, 3.63) is 26.6 Å². The van der Waals surface area contributed by atoms with Crippen LogP contribution in [0.4, 0.5) is 0 Å². The van der Waals surface area contributed by atoms with Gasteiger partial charge in [-0.3, -0.25) is 9.79 Å². The molecule has 0 aromatic heterocycles. The highest BCUT2D eigenvalue weighted by atomic mass is 79.9. The van der Waals surface area contributed by atoms with Crippen molar-refractivity contribution in [1.29, 1.82) is 0 Å². The number of guanidine groups is 1. The molecule has 158 valence electrons. The molecule has 0 aliphatic carbocycles. The number of benzene rings is 1. The van der Waals surface area contributed by atoms with Gasteiger partial charge in [-0.25, -0.2) is 0 Å². The maximum absolute atomic E-state index is 11.7. The van der Waals surface area contributed by atoms with Crippen LogP contribution in [0.1, 0.15) is 25.8 Å². The lowest BCUT2D eigenvalue weighted by molar-refractivity contribution is -0.114. The van der Waals surface area contributed by atoms with Gasteiger partial charge in [-0.1, -0.05) is 5.16 Å². The van der Waals surface area contributed by atoms with E-state index in [2.05, 4.69) is 47.3 Å². The van der Waals surface area contributed by atoms with Gasteiger partial charge < -0.3 is 32.5 Å². The lowest BCUT2D eigenvalue weighted by Crippen LogP contribution is -2.32. The summed E-state index contributed by atoms with van der Waals surface area (Å²) in [5.74, 6) is 0.454. The number of carbonyl (C=O) groups is 1. The van der Waals surface area contributed by atoms with Crippen molar-refractivity contribution in [1.82, 2.24) is 5.32 Å². The standard InChI is InChI=1S/C14H19Br2N3O3.C3H9N3/c1-2-18-14(20)12(19-21)8-9-6-10(15)13(11(16)7-9)22-5-3-4-17;1-2-6-3(4)5/h6-7,21H,2-5,8,17H2,1H3,(H,18,20);2H2,1H3,(H4,4,5,6)/b19-12-;. The number of oxime groups is 1. The van der Waals surface area contributed by atoms with E-state index in [0.717, 1.165) is 20.9 Å². The third kappa shape index (κ3) is 10.5. The third-order valence-corrected chi connectivity index (χ3v) is 4.26. The van der Waals surface area contributed by atoms with Crippen LogP contribution in [0.2, 0.25) is 0 Å². The van der Waals surface area contributed by atoms with E-state index >= 15 is 0 Å². The molecule has 9 nitrogen and oxygen atoms in total. The summed E-state index contributed by atoms with van der Waals surface area (Å²) < 4.78 is 7.15. The molecule has 0 radical (unpaired) electrons. The average Bonchev–Trinajstić information content (AvgIpc) is 2.62. The Kier molecular flexibility index (Phi) is 14.1. The number of amides is 1. The van der Waals surface area contributed by atoms with Gasteiger partial charge in [0.25, 0.3) is 5.91 Å². The van der Waals surface area contributed by atoms with E-state index in [9.17, 15) is 4.79 Å². The first kappa shape index (κ1) is 26.1. The number of nitrogens with two attached hydrogens (primary N) is 3. The molecule has 1 rings (SSSR count). The highest BCUT2D eigenvalue weighted by Gasteiger charge is 2.15. The fourth-order valence-corrected chi connectivity index (χ4v) is 3.42. The van der Waals surface area contributed by atoms with Crippen molar-refractivity contribution in [2.75, 3.05) is 26.2 Å². The van der Waals surface area contributed by atoms with Crippen LogP contribution in [0.15, 0.2) is 31.2 Å². The second-order valence-electron chi connectivity index (χ2n) is 5.36. The predicted molar refractivity (Wildman–Crippen MR) is 119 cm³/mol. The second-order valence-corrected chi connectivity index (χ2v) is 7.07. The van der Waals surface area contributed by atoms with Gasteiger partial charge in [-0.2, -0.15) is 0 Å². The monoisotopic (exact) mass is 522 g/mol. The molecule has 0 saturated carbocycles. The first-order valence-electron chi connectivity index (χ1n) is 8.65. The number of carbonyl (C=O) groups excluding carboxylic acids is 1. The maximum Gasteiger partial charge on any atom is 0.269 e. The van der Waals surface area contributed by atoms with Crippen molar-refractivity contribution in [3.8, 4) is 5.75 Å². The lowest BCUT2D eigenvalue weighted by atomic mass is 10.1. The molecule has 0 atom stereocenters. The molecular weight excluding hydrogens is 496 g/mol. The molecule has 0 aliphatic heterocycles. The predicted octanol–water partition coefficient (Wildman–Crippen LogP) is 1.73. The highest BCUT2D eigenvalue weighted by molar-refractivity contribution is 9.11. The Balaban J connectivity index is 0.00000105. The minimum atomic E-state index is -0.388. The minimum absolute atomic E-state index is 0.0532. The molecule has 0 aliphatic rings. The zero-order chi connectivity index (χ0) is 21.5. The summed E-state index contributed by atoms with van der Waals surface area (Å²) in [6.45, 7) is 5.90. The van der Waals surface area contributed by atoms with Crippen molar-refractivity contribution in [3.63, 3.8) is 0 Å². The van der Waals surface area contributed by atoms with E-state index in [1.165, 1.54) is 0 Å². The van der Waals surface area contributed by atoms with Gasteiger partial charge in [-0.15, -0.1) is 0 Å². The second kappa shape index (κ2) is 15.1. The third-order valence-electron chi connectivity index (χ3n) is 3.09. The summed E-state index contributed by atoms with van der Waals surface area (Å²) in [5, 5.41) is 14.7. The molecule has 0 fully saturated rings. The normalized spacial score (nSPS) is 10.5. The first-order valence-corrected chi connectivity index (χ1v) is 10.2. The van der Waals surface area contributed by atoms with Crippen LogP contribution < -0.4 is 27.3 Å². The Hall–Kier alpha value is -1.85. The summed E-state index contributed by atoms with van der Waals surface area (Å²) in [5.41, 5.74) is 16.2. The van der Waals surface area contributed by atoms with Crippen molar-refractivity contribution in [2.45, 2.75) is 26.7 Å². The van der Waals surface area contributed by atoms with Crippen LogP contribution in [-0.2, 0) is 11.2 Å². The number of hydrogen-bond donors (Lipinski definition) is 5. The maximum atomic E-state index is 11.7. The van der Waals surface area contributed by atoms with E-state index in [-0.39, 0.29) is 24.0 Å². The Morgan fingerprint density at radius 3 is 2.25 bits per heavy atom. The molecule has 1 aromatic rings. The van der Waals surface area contributed by atoms with E-state index in [1.54, 1.807) is 6.92 Å². The fourth-order valence-electron chi connectivity index (χ4n) is 1.91. The van der Waals surface area contributed by atoms with Crippen LogP contribution in [0, 0.1) is 0 Å². The molecule has 1 amide bonds. The van der Waals surface area contributed by atoms with Gasteiger partial charge in [0, 0.05) is 19.5 Å². The number of ether oxygens (including phenoxy) is 1. The highest BCUT2D eigenvalue weighted by Crippen LogP contribution is 2.35. The molecule has 0 saturated heterocycles. The van der Waals surface area contributed by atoms with Gasteiger partial charge in [-0.05, 0) is 76.4 Å². The zero-order valence-corrected chi connectivity index (χ0v) is 19.2. The van der Waals surface area contributed by atoms with Crippen molar-refractivity contribution < 1.29 is 14.7 Å². The van der Waals surface area contributed by atoms with Gasteiger partial charge >= 0.3 is 0 Å². The molecule has 28 heavy (non-hydrogen) atoms. The summed E-state index contributed by atoms with van der Waals surface area (Å²) in [6.07, 6.45) is 0.974. The van der Waals surface area contributed by atoms with Crippen LogP contribution in [-0.4, -0.2) is 49.0 Å². The van der Waals surface area contributed by atoms with Crippen molar-refractivity contribution in [2.24, 2.45) is 27.3 Å². The molecule has 8 N–H and O–H groups in total. The smallest absolute Gasteiger partial charge is 0.269 e. The van der Waals surface area contributed by atoms with Gasteiger partial charge in [0.05, 0.1) is 15.6 Å². The van der Waals surface area contributed by atoms with Crippen LogP contribution in [0.3, 0.4) is 0 Å². The fraction of sp³-hybridized carbons (Fsp3) is 0.471. The first-order chi connectivity index (χ1) is 13.3. The summed E-state index contributed by atoms with van der Waals surface area (Å²) in [6, 6.07) is 3.65. The summed E-state index contributed by atoms with van der Waals surface area (Å²) in [7, 11) is 0. The Morgan fingerprint density at radius 1 is 1.25 bits per heavy atom. The SMILES string of the molecule is CCN=C(N)N.CCNC(=O)/C(Cc1cc(Br)c(OCCCN)c(Br)c1)=N\O. The number of rotatable bonds is 9. The van der Waals surface area contributed by atoms with E-state index in [1.807, 2.05) is 19.1 Å². The molecule has 0 spiro atoms. The van der Waals surface area contributed by atoms with Crippen LogP contribution in [0.5, 0.6) is 5.75 Å². The Labute approximate surface area is 182 Å². The van der Waals surface area contributed by atoms with Gasteiger partial charge in [0.2, 0.25) is 0 Å². The topological polar surface area (TPSA) is 161 Å². The number of aliphatic imine (C=N–C) groups is 1. The molecule has 0 bridgehead atoms. The number of hydrogen-bond acceptors (Lipinski definition) is 6.